The van der Waals surface area contributed by atoms with E-state index in [9.17, 15) is 4.79 Å². The number of benzene rings is 1. The molecule has 0 amide bonds. The van der Waals surface area contributed by atoms with Gasteiger partial charge in [-0.3, -0.25) is 4.79 Å². The summed E-state index contributed by atoms with van der Waals surface area (Å²) in [6.45, 7) is 2.28. The number of ketones is 1. The molecule has 0 fully saturated rings. The SMILES string of the molecule is CC(=O)c1c[n+](Cc2ccccc2)ccn1. The van der Waals surface area contributed by atoms with Crippen molar-refractivity contribution in [3.8, 4) is 0 Å². The fraction of sp³-hybridized carbons (Fsp3) is 0.154. The normalized spacial score (nSPS) is 10.1. The van der Waals surface area contributed by atoms with Crippen molar-refractivity contribution in [2.24, 2.45) is 0 Å². The maximum atomic E-state index is 11.2. The van der Waals surface area contributed by atoms with E-state index in [1.807, 2.05) is 29.0 Å². The summed E-state index contributed by atoms with van der Waals surface area (Å²) in [5, 5.41) is 0. The molecule has 0 aliphatic heterocycles. The fourth-order valence-corrected chi connectivity index (χ4v) is 1.51. The highest BCUT2D eigenvalue weighted by Gasteiger charge is 2.08. The molecule has 0 saturated heterocycles. The predicted molar refractivity (Wildman–Crippen MR) is 60.0 cm³/mol. The largest absolute Gasteiger partial charge is 0.293 e. The van der Waals surface area contributed by atoms with Crippen LogP contribution in [0.1, 0.15) is 23.0 Å². The molecular weight excluding hydrogens is 200 g/mol. The minimum atomic E-state index is -0.0117. The second-order valence-corrected chi connectivity index (χ2v) is 3.66. The van der Waals surface area contributed by atoms with Gasteiger partial charge in [0.05, 0.1) is 6.20 Å². The van der Waals surface area contributed by atoms with Gasteiger partial charge >= 0.3 is 0 Å². The van der Waals surface area contributed by atoms with Gasteiger partial charge in [-0.15, -0.1) is 0 Å². The van der Waals surface area contributed by atoms with Crippen molar-refractivity contribution < 1.29 is 9.36 Å². The van der Waals surface area contributed by atoms with Gasteiger partial charge in [0, 0.05) is 12.5 Å². The second kappa shape index (κ2) is 4.66. The molecule has 0 spiro atoms. The molecule has 0 aliphatic carbocycles. The predicted octanol–water partition coefficient (Wildman–Crippen LogP) is 1.62. The Balaban J connectivity index is 2.22. The summed E-state index contributed by atoms with van der Waals surface area (Å²) in [5.41, 5.74) is 1.70. The van der Waals surface area contributed by atoms with Crippen LogP contribution < -0.4 is 4.57 Å². The smallest absolute Gasteiger partial charge is 0.198 e. The summed E-state index contributed by atoms with van der Waals surface area (Å²) in [7, 11) is 0. The van der Waals surface area contributed by atoms with Crippen molar-refractivity contribution in [3.05, 3.63) is 60.2 Å². The summed E-state index contributed by atoms with van der Waals surface area (Å²) >= 11 is 0. The van der Waals surface area contributed by atoms with Crippen LogP contribution in [-0.4, -0.2) is 10.8 Å². The minimum absolute atomic E-state index is 0.0117. The topological polar surface area (TPSA) is 33.8 Å². The molecule has 0 saturated carbocycles. The van der Waals surface area contributed by atoms with Crippen LogP contribution >= 0.6 is 0 Å². The number of Topliss-reactive ketones (excluding diaryl/α,β-unsaturated/α-hetero) is 1. The lowest BCUT2D eigenvalue weighted by Crippen LogP contribution is -2.34. The summed E-state index contributed by atoms with van der Waals surface area (Å²) in [6, 6.07) is 10.1. The monoisotopic (exact) mass is 213 g/mol. The number of rotatable bonds is 3. The minimum Gasteiger partial charge on any atom is -0.293 e. The Morgan fingerprint density at radius 1 is 1.31 bits per heavy atom. The third kappa shape index (κ3) is 2.51. The first-order valence-corrected chi connectivity index (χ1v) is 5.15. The molecule has 0 bridgehead atoms. The van der Waals surface area contributed by atoms with Crippen molar-refractivity contribution in [1.29, 1.82) is 0 Å². The highest BCUT2D eigenvalue weighted by Crippen LogP contribution is 1.98. The summed E-state index contributed by atoms with van der Waals surface area (Å²) in [6.07, 6.45) is 5.29. The van der Waals surface area contributed by atoms with E-state index < -0.39 is 0 Å². The lowest BCUT2D eigenvalue weighted by molar-refractivity contribution is -0.689. The van der Waals surface area contributed by atoms with E-state index in [1.165, 1.54) is 12.5 Å². The van der Waals surface area contributed by atoms with Gasteiger partial charge in [-0.2, -0.15) is 4.57 Å². The Morgan fingerprint density at radius 3 is 2.75 bits per heavy atom. The molecule has 80 valence electrons. The van der Waals surface area contributed by atoms with Crippen LogP contribution in [-0.2, 0) is 6.54 Å². The Labute approximate surface area is 94.4 Å². The number of nitrogens with zero attached hydrogens (tertiary/aromatic N) is 2. The maximum Gasteiger partial charge on any atom is 0.198 e. The van der Waals surface area contributed by atoms with Crippen LogP contribution in [0.3, 0.4) is 0 Å². The van der Waals surface area contributed by atoms with Gasteiger partial charge in [0.25, 0.3) is 0 Å². The van der Waals surface area contributed by atoms with Crippen LogP contribution in [0.4, 0.5) is 0 Å². The first-order valence-electron chi connectivity index (χ1n) is 5.15. The summed E-state index contributed by atoms with van der Waals surface area (Å²) in [5.74, 6) is -0.0117. The zero-order valence-electron chi connectivity index (χ0n) is 9.13. The molecule has 0 unspecified atom stereocenters. The molecule has 3 nitrogen and oxygen atoms in total. The first kappa shape index (κ1) is 10.5. The number of carbonyl (C=O) groups is 1. The molecule has 0 atom stereocenters. The van der Waals surface area contributed by atoms with Crippen LogP contribution in [0.2, 0.25) is 0 Å². The van der Waals surface area contributed by atoms with Gasteiger partial charge in [0.2, 0.25) is 0 Å². The lowest BCUT2D eigenvalue weighted by Gasteiger charge is -1.98. The number of hydrogen-bond acceptors (Lipinski definition) is 2. The van der Waals surface area contributed by atoms with Crippen molar-refractivity contribution >= 4 is 5.78 Å². The van der Waals surface area contributed by atoms with E-state index >= 15 is 0 Å². The molecule has 0 N–H and O–H groups in total. The molecule has 0 radical (unpaired) electrons. The van der Waals surface area contributed by atoms with E-state index in [1.54, 1.807) is 12.4 Å². The Morgan fingerprint density at radius 2 is 2.06 bits per heavy atom. The van der Waals surface area contributed by atoms with Crippen LogP contribution in [0, 0.1) is 0 Å². The molecule has 1 heterocycles. The van der Waals surface area contributed by atoms with Crippen LogP contribution in [0.25, 0.3) is 0 Å². The van der Waals surface area contributed by atoms with Crippen molar-refractivity contribution in [3.63, 3.8) is 0 Å². The first-order chi connectivity index (χ1) is 7.75. The number of aromatic nitrogens is 2. The van der Waals surface area contributed by atoms with Gasteiger partial charge in [0.15, 0.2) is 30.4 Å². The molecule has 2 rings (SSSR count). The number of hydrogen-bond donors (Lipinski definition) is 0. The zero-order valence-corrected chi connectivity index (χ0v) is 9.13. The van der Waals surface area contributed by atoms with Crippen molar-refractivity contribution in [1.82, 2.24) is 4.98 Å². The molecule has 2 aromatic rings. The summed E-state index contributed by atoms with van der Waals surface area (Å²) < 4.78 is 1.96. The van der Waals surface area contributed by atoms with Crippen molar-refractivity contribution in [2.45, 2.75) is 13.5 Å². The molecule has 3 heteroatoms. The highest BCUT2D eigenvalue weighted by atomic mass is 16.1. The average Bonchev–Trinajstić information content (AvgIpc) is 2.30. The summed E-state index contributed by atoms with van der Waals surface area (Å²) in [4.78, 5) is 15.2. The highest BCUT2D eigenvalue weighted by molar-refractivity contribution is 5.91. The molecule has 1 aromatic heterocycles. The standard InChI is InChI=1S/C13H13N2O/c1-11(16)13-10-15(8-7-14-13)9-12-5-3-2-4-6-12/h2-8,10H,9H2,1H3/q+1. The van der Waals surface area contributed by atoms with Crippen molar-refractivity contribution in [2.75, 3.05) is 0 Å². The van der Waals surface area contributed by atoms with Gasteiger partial charge in [-0.1, -0.05) is 30.3 Å². The molecule has 0 aliphatic rings. The van der Waals surface area contributed by atoms with Gasteiger partial charge in [-0.25, -0.2) is 4.98 Å². The van der Waals surface area contributed by atoms with Gasteiger partial charge in [0.1, 0.15) is 0 Å². The Bertz CT molecular complexity index is 494. The molecule has 1 aromatic carbocycles. The quantitative estimate of drug-likeness (QED) is 0.573. The molecular formula is C13H13N2O+. The zero-order chi connectivity index (χ0) is 11.4. The maximum absolute atomic E-state index is 11.2. The third-order valence-corrected chi connectivity index (χ3v) is 2.33. The van der Waals surface area contributed by atoms with Gasteiger partial charge in [-0.05, 0) is 0 Å². The lowest BCUT2D eigenvalue weighted by atomic mass is 10.2. The second-order valence-electron chi connectivity index (χ2n) is 3.66. The van der Waals surface area contributed by atoms with Crippen LogP contribution in [0.15, 0.2) is 48.9 Å². The third-order valence-electron chi connectivity index (χ3n) is 2.33. The van der Waals surface area contributed by atoms with Gasteiger partial charge < -0.3 is 0 Å². The van der Waals surface area contributed by atoms with Crippen LogP contribution in [0.5, 0.6) is 0 Å². The Hall–Kier alpha value is -2.03. The molecule has 16 heavy (non-hydrogen) atoms. The number of carbonyl (C=O) groups excluding carboxylic acids is 1. The fourth-order valence-electron chi connectivity index (χ4n) is 1.51. The van der Waals surface area contributed by atoms with E-state index in [-0.39, 0.29) is 5.78 Å². The Kier molecular flexibility index (Phi) is 3.05. The van der Waals surface area contributed by atoms with E-state index in [2.05, 4.69) is 17.1 Å². The van der Waals surface area contributed by atoms with E-state index in [4.69, 9.17) is 0 Å². The van der Waals surface area contributed by atoms with E-state index in [0.29, 0.717) is 5.69 Å². The average molecular weight is 213 g/mol. The van der Waals surface area contributed by atoms with E-state index in [0.717, 1.165) is 6.54 Å².